The van der Waals surface area contributed by atoms with E-state index in [4.69, 9.17) is 16.3 Å². The van der Waals surface area contributed by atoms with Crippen LogP contribution in [0.25, 0.3) is 0 Å². The lowest BCUT2D eigenvalue weighted by Crippen LogP contribution is -2.49. The minimum absolute atomic E-state index is 0.0163. The number of aliphatic hydroxyl groups excluding tert-OH is 1. The van der Waals surface area contributed by atoms with Gasteiger partial charge < -0.3 is 20.5 Å². The first kappa shape index (κ1) is 24.1. The average Bonchev–Trinajstić information content (AvgIpc) is 2.73. The normalized spacial score (nSPS) is 12.7. The molecule has 0 fully saturated rings. The number of thioether (sulfide) groups is 1. The number of carbonyl (C=O) groups excluding carboxylic acids is 2. The van der Waals surface area contributed by atoms with E-state index in [9.17, 15) is 14.7 Å². The van der Waals surface area contributed by atoms with Gasteiger partial charge in [-0.25, -0.2) is 0 Å². The summed E-state index contributed by atoms with van der Waals surface area (Å²) in [6.07, 6.45) is 1.51. The van der Waals surface area contributed by atoms with E-state index >= 15 is 0 Å². The van der Waals surface area contributed by atoms with Crippen molar-refractivity contribution in [2.45, 2.75) is 25.5 Å². The Bertz CT molecular complexity index is 849. The van der Waals surface area contributed by atoms with E-state index in [1.165, 1.54) is 0 Å². The second-order valence-electron chi connectivity index (χ2n) is 6.81. The van der Waals surface area contributed by atoms with Crippen LogP contribution in [-0.2, 0) is 4.79 Å². The van der Waals surface area contributed by atoms with Crippen LogP contribution in [0.5, 0.6) is 5.75 Å². The SMILES string of the molecule is CSCCC(NC(=O)c1ccccc1Cl)C(=O)NCC(O)COc1cccc(C)c1. The Morgan fingerprint density at radius 3 is 2.67 bits per heavy atom. The van der Waals surface area contributed by atoms with Crippen LogP contribution in [0.1, 0.15) is 22.3 Å². The van der Waals surface area contributed by atoms with Crippen molar-refractivity contribution >= 4 is 35.2 Å². The molecule has 0 saturated carbocycles. The Morgan fingerprint density at radius 2 is 1.97 bits per heavy atom. The fourth-order valence-corrected chi connectivity index (χ4v) is 3.38. The molecule has 30 heavy (non-hydrogen) atoms. The summed E-state index contributed by atoms with van der Waals surface area (Å²) in [5.74, 6) is 0.578. The second kappa shape index (κ2) is 12.5. The smallest absolute Gasteiger partial charge is 0.253 e. The molecule has 0 heterocycles. The highest BCUT2D eigenvalue weighted by molar-refractivity contribution is 7.98. The highest BCUT2D eigenvalue weighted by Crippen LogP contribution is 2.15. The van der Waals surface area contributed by atoms with Gasteiger partial charge in [0.1, 0.15) is 24.5 Å². The summed E-state index contributed by atoms with van der Waals surface area (Å²) in [5.41, 5.74) is 1.37. The molecule has 2 amide bonds. The number of aryl methyl sites for hydroxylation is 1. The third kappa shape index (κ3) is 7.89. The summed E-state index contributed by atoms with van der Waals surface area (Å²) in [4.78, 5) is 25.1. The maximum absolute atomic E-state index is 12.6. The Balaban J connectivity index is 1.87. The molecule has 2 aromatic carbocycles. The molecule has 0 spiro atoms. The van der Waals surface area contributed by atoms with Gasteiger partial charge in [-0.15, -0.1) is 0 Å². The summed E-state index contributed by atoms with van der Waals surface area (Å²) in [7, 11) is 0. The third-order valence-corrected chi connectivity index (χ3v) is 5.27. The molecule has 2 aromatic rings. The minimum atomic E-state index is -0.880. The number of aliphatic hydroxyl groups is 1. The number of hydrogen-bond donors (Lipinski definition) is 3. The van der Waals surface area contributed by atoms with Crippen LogP contribution < -0.4 is 15.4 Å². The average molecular weight is 451 g/mol. The van der Waals surface area contributed by atoms with Gasteiger partial charge in [0.05, 0.1) is 10.6 Å². The highest BCUT2D eigenvalue weighted by Gasteiger charge is 2.22. The van der Waals surface area contributed by atoms with Gasteiger partial charge in [0, 0.05) is 6.54 Å². The molecule has 0 saturated heterocycles. The van der Waals surface area contributed by atoms with E-state index in [2.05, 4.69) is 10.6 Å². The topological polar surface area (TPSA) is 87.7 Å². The van der Waals surface area contributed by atoms with Gasteiger partial charge in [-0.3, -0.25) is 9.59 Å². The first-order valence-corrected chi connectivity index (χ1v) is 11.4. The predicted octanol–water partition coefficient (Wildman–Crippen LogP) is 3.06. The molecule has 6 nitrogen and oxygen atoms in total. The van der Waals surface area contributed by atoms with Gasteiger partial charge in [0.25, 0.3) is 5.91 Å². The summed E-state index contributed by atoms with van der Waals surface area (Å²) in [5, 5.41) is 15.9. The largest absolute Gasteiger partial charge is 0.491 e. The molecule has 0 aliphatic heterocycles. The fourth-order valence-electron chi connectivity index (χ4n) is 2.68. The molecular weight excluding hydrogens is 424 g/mol. The number of benzene rings is 2. The van der Waals surface area contributed by atoms with Crippen molar-refractivity contribution in [2.75, 3.05) is 25.2 Å². The van der Waals surface area contributed by atoms with Crippen LogP contribution in [0.15, 0.2) is 48.5 Å². The zero-order valence-electron chi connectivity index (χ0n) is 17.1. The molecule has 0 aromatic heterocycles. The summed E-state index contributed by atoms with van der Waals surface area (Å²) in [6.45, 7) is 2.02. The van der Waals surface area contributed by atoms with Crippen molar-refractivity contribution in [3.63, 3.8) is 0 Å². The van der Waals surface area contributed by atoms with Crippen molar-refractivity contribution in [3.05, 3.63) is 64.7 Å². The summed E-state index contributed by atoms with van der Waals surface area (Å²) >= 11 is 7.65. The fraction of sp³-hybridized carbons (Fsp3) is 0.364. The van der Waals surface area contributed by atoms with Crippen LogP contribution in [0.4, 0.5) is 0 Å². The van der Waals surface area contributed by atoms with E-state index in [-0.39, 0.29) is 19.1 Å². The van der Waals surface area contributed by atoms with E-state index in [0.29, 0.717) is 28.5 Å². The molecule has 162 valence electrons. The number of halogens is 1. The summed E-state index contributed by atoms with van der Waals surface area (Å²) in [6, 6.07) is 13.4. The van der Waals surface area contributed by atoms with Crippen LogP contribution >= 0.6 is 23.4 Å². The zero-order valence-corrected chi connectivity index (χ0v) is 18.6. The lowest BCUT2D eigenvalue weighted by Gasteiger charge is -2.20. The highest BCUT2D eigenvalue weighted by atomic mass is 35.5. The lowest BCUT2D eigenvalue weighted by atomic mass is 10.1. The van der Waals surface area contributed by atoms with Gasteiger partial charge in [-0.05, 0) is 55.2 Å². The number of rotatable bonds is 11. The molecule has 0 aliphatic carbocycles. The second-order valence-corrected chi connectivity index (χ2v) is 8.21. The van der Waals surface area contributed by atoms with Crippen molar-refractivity contribution < 1.29 is 19.4 Å². The number of amides is 2. The molecule has 0 aliphatic rings. The molecule has 8 heteroatoms. The van der Waals surface area contributed by atoms with Crippen molar-refractivity contribution in [3.8, 4) is 5.75 Å². The first-order chi connectivity index (χ1) is 14.4. The van der Waals surface area contributed by atoms with E-state index in [0.717, 1.165) is 5.56 Å². The van der Waals surface area contributed by atoms with Gasteiger partial charge in [-0.2, -0.15) is 11.8 Å². The summed E-state index contributed by atoms with van der Waals surface area (Å²) < 4.78 is 5.55. The quantitative estimate of drug-likeness (QED) is 0.489. The molecule has 2 unspecified atom stereocenters. The molecular formula is C22H27ClN2O4S. The number of carbonyl (C=O) groups is 2. The van der Waals surface area contributed by atoms with Crippen molar-refractivity contribution in [2.24, 2.45) is 0 Å². The number of hydrogen-bond acceptors (Lipinski definition) is 5. The molecule has 0 bridgehead atoms. The number of nitrogens with one attached hydrogen (secondary N) is 2. The molecule has 2 atom stereocenters. The molecule has 3 N–H and O–H groups in total. The standard InChI is InChI=1S/C22H27ClN2O4S/c1-15-6-5-7-17(12-15)29-14-16(26)13-24-22(28)20(10-11-30-2)25-21(27)18-8-3-4-9-19(18)23/h3-9,12,16,20,26H,10-11,13-14H2,1-2H3,(H,24,28)(H,25,27). The van der Waals surface area contributed by atoms with Gasteiger partial charge >= 0.3 is 0 Å². The maximum Gasteiger partial charge on any atom is 0.253 e. The molecule has 2 rings (SSSR count). The van der Waals surface area contributed by atoms with Crippen molar-refractivity contribution in [1.82, 2.24) is 10.6 Å². The van der Waals surface area contributed by atoms with Crippen LogP contribution in [0.2, 0.25) is 5.02 Å². The zero-order chi connectivity index (χ0) is 21.9. The predicted molar refractivity (Wildman–Crippen MR) is 121 cm³/mol. The maximum atomic E-state index is 12.6. The Labute approximate surface area is 186 Å². The Hall–Kier alpha value is -2.22. The third-order valence-electron chi connectivity index (χ3n) is 4.29. The first-order valence-electron chi connectivity index (χ1n) is 9.60. The molecule has 0 radical (unpaired) electrons. The lowest BCUT2D eigenvalue weighted by molar-refractivity contribution is -0.123. The van der Waals surface area contributed by atoms with Gasteiger partial charge in [-0.1, -0.05) is 35.9 Å². The van der Waals surface area contributed by atoms with Crippen LogP contribution in [0, 0.1) is 6.92 Å². The number of ether oxygens (including phenoxy) is 1. The van der Waals surface area contributed by atoms with Gasteiger partial charge in [0.2, 0.25) is 5.91 Å². The Kier molecular flexibility index (Phi) is 10.00. The van der Waals surface area contributed by atoms with Crippen LogP contribution in [-0.4, -0.2) is 54.2 Å². The van der Waals surface area contributed by atoms with Gasteiger partial charge in [0.15, 0.2) is 0 Å². The van der Waals surface area contributed by atoms with Crippen molar-refractivity contribution in [1.29, 1.82) is 0 Å². The Morgan fingerprint density at radius 1 is 1.20 bits per heavy atom. The van der Waals surface area contributed by atoms with Crippen LogP contribution in [0.3, 0.4) is 0 Å². The minimum Gasteiger partial charge on any atom is -0.491 e. The van der Waals surface area contributed by atoms with E-state index in [1.807, 2.05) is 31.4 Å². The van der Waals surface area contributed by atoms with E-state index in [1.54, 1.807) is 42.1 Å². The van der Waals surface area contributed by atoms with E-state index < -0.39 is 18.1 Å². The monoisotopic (exact) mass is 450 g/mol.